The second-order valence-electron chi connectivity index (χ2n) is 8.59. The molecule has 0 spiro atoms. The van der Waals surface area contributed by atoms with Crippen LogP contribution in [0.25, 0.3) is 10.6 Å². The highest BCUT2D eigenvalue weighted by Gasteiger charge is 2.36. The summed E-state index contributed by atoms with van der Waals surface area (Å²) in [7, 11) is 0. The molecule has 0 unspecified atom stereocenters. The molecule has 1 aliphatic heterocycles. The van der Waals surface area contributed by atoms with Gasteiger partial charge in [-0.2, -0.15) is 0 Å². The zero-order valence-electron chi connectivity index (χ0n) is 20.8. The quantitative estimate of drug-likeness (QED) is 0.191. The van der Waals surface area contributed by atoms with Crippen LogP contribution in [-0.2, 0) is 6.61 Å². The minimum atomic E-state index is -0.508. The Balaban J connectivity index is 1.51. The summed E-state index contributed by atoms with van der Waals surface area (Å²) in [5, 5.41) is 22.2. The molecule has 0 aliphatic carbocycles. The number of ether oxygens (including phenoxy) is 1. The number of amides is 1. The molecule has 0 saturated carbocycles. The Hall–Kier alpha value is -5.29. The first-order valence-electron chi connectivity index (χ1n) is 12.2. The van der Waals surface area contributed by atoms with Crippen LogP contribution in [0.5, 0.6) is 5.75 Å². The van der Waals surface area contributed by atoms with Gasteiger partial charge in [-0.1, -0.05) is 72.8 Å². The van der Waals surface area contributed by atoms with E-state index in [0.717, 1.165) is 16.0 Å². The van der Waals surface area contributed by atoms with E-state index in [2.05, 4.69) is 15.2 Å². The molecule has 0 N–H and O–H groups in total. The zero-order chi connectivity index (χ0) is 27.5. The van der Waals surface area contributed by atoms with E-state index < -0.39 is 4.92 Å². The SMILES string of the molecule is O=C(c1ccncc1)N1C(c2ccccc2)=C(c2ccccc2)Sc2nnc(COc3ccccc3[N+](=O)[O-])n21. The molecule has 5 aromatic rings. The normalized spacial score (nSPS) is 12.7. The van der Waals surface area contributed by atoms with E-state index in [9.17, 15) is 14.9 Å². The number of para-hydroxylation sites is 2. The molecule has 10 nitrogen and oxygen atoms in total. The second kappa shape index (κ2) is 10.8. The molecular formula is C29H20N6O4S. The van der Waals surface area contributed by atoms with Gasteiger partial charge in [0.1, 0.15) is 0 Å². The number of hydrogen-bond donors (Lipinski definition) is 0. The maximum atomic E-state index is 14.2. The van der Waals surface area contributed by atoms with E-state index in [1.807, 2.05) is 60.7 Å². The number of carbonyl (C=O) groups excluding carboxylic acids is 1. The van der Waals surface area contributed by atoms with E-state index in [1.165, 1.54) is 28.9 Å². The van der Waals surface area contributed by atoms with Crippen LogP contribution in [-0.4, -0.2) is 30.7 Å². The molecule has 1 amide bonds. The Kier molecular flexibility index (Phi) is 6.77. The monoisotopic (exact) mass is 548 g/mol. The number of nitro groups is 1. The van der Waals surface area contributed by atoms with Crippen LogP contribution < -0.4 is 9.75 Å². The highest BCUT2D eigenvalue weighted by atomic mass is 32.2. The first kappa shape index (κ1) is 25.0. The number of carbonyl (C=O) groups is 1. The van der Waals surface area contributed by atoms with Crippen molar-refractivity contribution in [2.75, 3.05) is 5.01 Å². The molecule has 6 rings (SSSR count). The Morgan fingerprint density at radius 1 is 0.850 bits per heavy atom. The number of pyridine rings is 1. The third-order valence-electron chi connectivity index (χ3n) is 6.12. The number of nitro benzene ring substituents is 1. The lowest BCUT2D eigenvalue weighted by Gasteiger charge is -2.33. The third-order valence-corrected chi connectivity index (χ3v) is 7.19. The Morgan fingerprint density at radius 3 is 2.20 bits per heavy atom. The van der Waals surface area contributed by atoms with E-state index >= 15 is 0 Å². The average Bonchev–Trinajstić information content (AvgIpc) is 3.42. The summed E-state index contributed by atoms with van der Waals surface area (Å²) in [5.41, 5.74) is 2.59. The fraction of sp³-hybridized carbons (Fsp3) is 0.0345. The van der Waals surface area contributed by atoms with Gasteiger partial charge in [-0.25, -0.2) is 9.69 Å². The molecule has 0 atom stereocenters. The maximum Gasteiger partial charge on any atom is 0.310 e. The van der Waals surface area contributed by atoms with Crippen LogP contribution >= 0.6 is 11.8 Å². The van der Waals surface area contributed by atoms with Gasteiger partial charge in [0, 0.05) is 34.5 Å². The number of benzene rings is 3. The van der Waals surface area contributed by atoms with Crippen LogP contribution in [0.2, 0.25) is 0 Å². The van der Waals surface area contributed by atoms with Crippen molar-refractivity contribution in [3.63, 3.8) is 0 Å². The molecule has 2 aromatic heterocycles. The lowest BCUT2D eigenvalue weighted by molar-refractivity contribution is -0.386. The van der Waals surface area contributed by atoms with Crippen molar-refractivity contribution in [1.82, 2.24) is 19.9 Å². The van der Waals surface area contributed by atoms with Crippen molar-refractivity contribution in [2.24, 2.45) is 0 Å². The standard InChI is InChI=1S/C29H20N6O4S/c36-28(22-15-17-30-18-16-22)34-26(20-9-3-1-4-10-20)27(21-11-5-2-6-12-21)40-29-32-31-25(33(29)34)19-39-24-14-8-7-13-23(24)35(37)38/h1-18H,19H2. The van der Waals surface area contributed by atoms with Crippen LogP contribution in [0.4, 0.5) is 5.69 Å². The van der Waals surface area contributed by atoms with Crippen LogP contribution in [0, 0.1) is 10.1 Å². The minimum absolute atomic E-state index is 0.0872. The summed E-state index contributed by atoms with van der Waals surface area (Å²) in [6, 6.07) is 28.7. The van der Waals surface area contributed by atoms with Crippen molar-refractivity contribution in [3.05, 3.63) is 142 Å². The average molecular weight is 549 g/mol. The fourth-order valence-corrected chi connectivity index (χ4v) is 5.39. The van der Waals surface area contributed by atoms with Crippen molar-refractivity contribution in [1.29, 1.82) is 0 Å². The predicted octanol–water partition coefficient (Wildman–Crippen LogP) is 5.57. The van der Waals surface area contributed by atoms with Gasteiger partial charge in [-0.3, -0.25) is 19.9 Å². The van der Waals surface area contributed by atoms with Gasteiger partial charge >= 0.3 is 5.69 Å². The summed E-state index contributed by atoms with van der Waals surface area (Å²) >= 11 is 1.38. The van der Waals surface area contributed by atoms with Crippen molar-refractivity contribution in [2.45, 2.75) is 11.8 Å². The Morgan fingerprint density at radius 2 is 1.50 bits per heavy atom. The van der Waals surface area contributed by atoms with Crippen molar-refractivity contribution < 1.29 is 14.5 Å². The van der Waals surface area contributed by atoms with Crippen LogP contribution in [0.1, 0.15) is 27.3 Å². The number of nitrogens with zero attached hydrogens (tertiary/aromatic N) is 6. The summed E-state index contributed by atoms with van der Waals surface area (Å²) in [6.07, 6.45) is 3.11. The van der Waals surface area contributed by atoms with E-state index in [0.29, 0.717) is 22.2 Å². The summed E-state index contributed by atoms with van der Waals surface area (Å²) in [5.74, 6) is 0.0516. The first-order valence-corrected chi connectivity index (χ1v) is 13.0. The number of aromatic nitrogens is 4. The highest BCUT2D eigenvalue weighted by Crippen LogP contribution is 2.45. The summed E-state index contributed by atoms with van der Waals surface area (Å²) in [4.78, 5) is 30.1. The van der Waals surface area contributed by atoms with Crippen LogP contribution in [0.15, 0.2) is 115 Å². The molecule has 0 fully saturated rings. The van der Waals surface area contributed by atoms with E-state index in [1.54, 1.807) is 41.3 Å². The first-order chi connectivity index (χ1) is 19.6. The molecule has 3 aromatic carbocycles. The summed E-state index contributed by atoms with van der Waals surface area (Å²) in [6.45, 7) is -0.165. The smallest absolute Gasteiger partial charge is 0.310 e. The lowest BCUT2D eigenvalue weighted by atomic mass is 10.1. The molecule has 40 heavy (non-hydrogen) atoms. The van der Waals surface area contributed by atoms with E-state index in [-0.39, 0.29) is 24.0 Å². The molecule has 0 saturated heterocycles. The van der Waals surface area contributed by atoms with Gasteiger partial charge in [0.15, 0.2) is 18.2 Å². The predicted molar refractivity (Wildman–Crippen MR) is 150 cm³/mol. The van der Waals surface area contributed by atoms with Crippen molar-refractivity contribution >= 4 is 34.0 Å². The van der Waals surface area contributed by atoms with Crippen LogP contribution in [0.3, 0.4) is 0 Å². The fourth-order valence-electron chi connectivity index (χ4n) is 4.30. The molecule has 0 radical (unpaired) electrons. The minimum Gasteiger partial charge on any atom is -0.478 e. The molecule has 0 bridgehead atoms. The molecule has 11 heteroatoms. The number of fused-ring (bicyclic) bond motifs is 1. The molecule has 196 valence electrons. The molecule has 3 heterocycles. The maximum absolute atomic E-state index is 14.2. The third kappa shape index (κ3) is 4.69. The number of hydrogen-bond acceptors (Lipinski definition) is 8. The Bertz CT molecular complexity index is 1730. The van der Waals surface area contributed by atoms with Gasteiger partial charge in [0.05, 0.1) is 10.6 Å². The van der Waals surface area contributed by atoms with Gasteiger partial charge in [-0.05, 0) is 35.5 Å². The van der Waals surface area contributed by atoms with Gasteiger partial charge in [0.25, 0.3) is 5.91 Å². The second-order valence-corrected chi connectivity index (χ2v) is 9.57. The Labute approximate surface area is 232 Å². The molecular weight excluding hydrogens is 528 g/mol. The van der Waals surface area contributed by atoms with Gasteiger partial charge < -0.3 is 4.74 Å². The molecule has 1 aliphatic rings. The van der Waals surface area contributed by atoms with Gasteiger partial charge in [0.2, 0.25) is 5.16 Å². The van der Waals surface area contributed by atoms with Gasteiger partial charge in [-0.15, -0.1) is 10.2 Å². The number of rotatable bonds is 7. The zero-order valence-corrected chi connectivity index (χ0v) is 21.6. The number of thioether (sulfide) groups is 1. The van der Waals surface area contributed by atoms with Crippen molar-refractivity contribution in [3.8, 4) is 5.75 Å². The van der Waals surface area contributed by atoms with E-state index in [4.69, 9.17) is 4.74 Å². The highest BCUT2D eigenvalue weighted by molar-refractivity contribution is 8.08. The topological polar surface area (TPSA) is 116 Å². The lowest BCUT2D eigenvalue weighted by Crippen LogP contribution is -2.42. The largest absolute Gasteiger partial charge is 0.478 e. The summed E-state index contributed by atoms with van der Waals surface area (Å²) < 4.78 is 7.46.